The molecule has 2 aromatic rings. The van der Waals surface area contributed by atoms with E-state index in [2.05, 4.69) is 16.9 Å². The molecule has 0 heterocycles. The second kappa shape index (κ2) is 7.93. The number of hydrogen-bond donors (Lipinski definition) is 2. The van der Waals surface area contributed by atoms with E-state index >= 15 is 0 Å². The van der Waals surface area contributed by atoms with E-state index in [1.165, 1.54) is 23.3 Å². The molecule has 28 heavy (non-hydrogen) atoms. The summed E-state index contributed by atoms with van der Waals surface area (Å²) in [5.74, 6) is -0.0875. The second-order valence-corrected chi connectivity index (χ2v) is 10.1. The lowest BCUT2D eigenvalue weighted by Crippen LogP contribution is -2.38. The Hall–Kier alpha value is -1.76. The zero-order chi connectivity index (χ0) is 19.7. The van der Waals surface area contributed by atoms with Crippen LogP contribution < -0.4 is 10.5 Å². The van der Waals surface area contributed by atoms with Crippen LogP contribution in [0.1, 0.15) is 53.9 Å². The number of nitrogens with one attached hydrogen (secondary N) is 1. The third-order valence-corrected chi connectivity index (χ3v) is 8.11. The summed E-state index contributed by atoms with van der Waals surface area (Å²) in [6.45, 7) is 0.310. The Morgan fingerprint density at radius 1 is 1.04 bits per heavy atom. The third-order valence-electron chi connectivity index (χ3n) is 6.21. The summed E-state index contributed by atoms with van der Waals surface area (Å²) >= 11 is 0. The molecule has 4 nitrogen and oxygen atoms in total. The van der Waals surface area contributed by atoms with Crippen molar-refractivity contribution in [2.45, 2.75) is 62.3 Å². The van der Waals surface area contributed by atoms with E-state index in [1.54, 1.807) is 0 Å². The molecule has 6 heteroatoms. The Labute approximate surface area is 166 Å². The van der Waals surface area contributed by atoms with Gasteiger partial charge in [-0.05, 0) is 66.5 Å². The highest BCUT2D eigenvalue weighted by molar-refractivity contribution is 7.90. The summed E-state index contributed by atoms with van der Waals surface area (Å²) in [5, 5.41) is -0.232. The first-order valence-electron chi connectivity index (χ1n) is 10.0. The number of hydrogen-bond acceptors (Lipinski definition) is 3. The molecule has 4 rings (SSSR count). The molecule has 2 aliphatic carbocycles. The summed E-state index contributed by atoms with van der Waals surface area (Å²) in [6, 6.07) is 12.8. The molecule has 3 N–H and O–H groups in total. The van der Waals surface area contributed by atoms with Crippen LogP contribution in [0, 0.1) is 5.82 Å². The molecule has 0 amide bonds. The van der Waals surface area contributed by atoms with Gasteiger partial charge in [0.1, 0.15) is 5.82 Å². The average Bonchev–Trinajstić information content (AvgIpc) is 2.62. The van der Waals surface area contributed by atoms with Crippen molar-refractivity contribution >= 4 is 10.0 Å². The molecule has 2 aromatic carbocycles. The fourth-order valence-electron chi connectivity index (χ4n) is 4.20. The number of sulfonamides is 1. The Morgan fingerprint density at radius 2 is 1.75 bits per heavy atom. The van der Waals surface area contributed by atoms with Crippen LogP contribution in [-0.4, -0.2) is 19.7 Å². The van der Waals surface area contributed by atoms with Gasteiger partial charge in [0.05, 0.1) is 5.25 Å². The first kappa shape index (κ1) is 19.6. The number of fused-ring (bicyclic) bond motifs is 1. The van der Waals surface area contributed by atoms with Gasteiger partial charge in [0.15, 0.2) is 0 Å². The van der Waals surface area contributed by atoms with Gasteiger partial charge in [0.2, 0.25) is 10.0 Å². The zero-order valence-corrected chi connectivity index (χ0v) is 16.7. The second-order valence-electron chi connectivity index (χ2n) is 8.09. The maximum absolute atomic E-state index is 13.2. The van der Waals surface area contributed by atoms with Crippen LogP contribution in [0.3, 0.4) is 0 Å². The normalized spacial score (nSPS) is 22.5. The Bertz CT molecular complexity index is 940. The molecule has 1 saturated carbocycles. The molecule has 0 radical (unpaired) electrons. The van der Waals surface area contributed by atoms with Crippen molar-refractivity contribution in [1.82, 2.24) is 4.72 Å². The molecule has 0 aliphatic heterocycles. The van der Waals surface area contributed by atoms with Gasteiger partial charge in [0, 0.05) is 18.5 Å². The van der Waals surface area contributed by atoms with Gasteiger partial charge in [0.25, 0.3) is 0 Å². The van der Waals surface area contributed by atoms with Crippen molar-refractivity contribution in [2.75, 3.05) is 0 Å². The van der Waals surface area contributed by atoms with Crippen LogP contribution in [0.4, 0.5) is 4.39 Å². The molecule has 1 fully saturated rings. The Balaban J connectivity index is 1.53. The van der Waals surface area contributed by atoms with Crippen molar-refractivity contribution in [2.24, 2.45) is 5.73 Å². The predicted molar refractivity (Wildman–Crippen MR) is 109 cm³/mol. The van der Waals surface area contributed by atoms with Crippen LogP contribution in [0.5, 0.6) is 0 Å². The summed E-state index contributed by atoms with van der Waals surface area (Å²) in [5.41, 5.74) is 10.9. The minimum atomic E-state index is -3.23. The molecule has 0 bridgehead atoms. The number of rotatable bonds is 6. The number of aryl methyl sites for hydroxylation is 1. The first-order chi connectivity index (χ1) is 13.4. The lowest BCUT2D eigenvalue weighted by atomic mass is 9.76. The van der Waals surface area contributed by atoms with Gasteiger partial charge < -0.3 is 5.73 Å². The highest BCUT2D eigenvalue weighted by Crippen LogP contribution is 2.34. The van der Waals surface area contributed by atoms with Crippen molar-refractivity contribution in [3.63, 3.8) is 0 Å². The van der Waals surface area contributed by atoms with Gasteiger partial charge in [-0.1, -0.05) is 36.8 Å². The van der Waals surface area contributed by atoms with Crippen LogP contribution in [-0.2, 0) is 29.4 Å². The topological polar surface area (TPSA) is 72.2 Å². The molecule has 2 unspecified atom stereocenters. The number of halogens is 1. The lowest BCUT2D eigenvalue weighted by Gasteiger charge is -2.32. The van der Waals surface area contributed by atoms with E-state index in [9.17, 15) is 12.8 Å². The van der Waals surface area contributed by atoms with Gasteiger partial charge >= 0.3 is 0 Å². The predicted octanol–water partition coefficient (Wildman–Crippen LogP) is 3.40. The standard InChI is InChI=1S/C22H27FN2O2S/c23-18-9-5-15(6-10-18)12-21-20-13-16(4-7-17(20)8-11-22(21)24)14-25-28(26,27)19-2-1-3-19/h4-7,9-10,13,19,21-22,25H,1-3,8,11-12,14,24H2. The van der Waals surface area contributed by atoms with E-state index in [1.807, 2.05) is 18.2 Å². The maximum Gasteiger partial charge on any atom is 0.214 e. The monoisotopic (exact) mass is 402 g/mol. The van der Waals surface area contributed by atoms with Crippen LogP contribution in [0.25, 0.3) is 0 Å². The summed E-state index contributed by atoms with van der Waals surface area (Å²) in [6.07, 6.45) is 5.12. The number of benzene rings is 2. The minimum absolute atomic E-state index is 0.0412. The highest BCUT2D eigenvalue weighted by atomic mass is 32.2. The summed E-state index contributed by atoms with van der Waals surface area (Å²) in [7, 11) is -3.23. The van der Waals surface area contributed by atoms with Crippen LogP contribution in [0.2, 0.25) is 0 Å². The quantitative estimate of drug-likeness (QED) is 0.778. The molecule has 0 spiro atoms. The van der Waals surface area contributed by atoms with Gasteiger partial charge in [-0.25, -0.2) is 17.5 Å². The largest absolute Gasteiger partial charge is 0.327 e. The Morgan fingerprint density at radius 3 is 2.43 bits per heavy atom. The van der Waals surface area contributed by atoms with Gasteiger partial charge in [-0.2, -0.15) is 0 Å². The van der Waals surface area contributed by atoms with Crippen LogP contribution >= 0.6 is 0 Å². The van der Waals surface area contributed by atoms with Gasteiger partial charge in [-0.15, -0.1) is 0 Å². The molecular formula is C22H27FN2O2S. The SMILES string of the molecule is NC1CCc2ccc(CNS(=O)(=O)C3CCC3)cc2C1Cc1ccc(F)cc1. The van der Waals surface area contributed by atoms with Crippen LogP contribution in [0.15, 0.2) is 42.5 Å². The van der Waals surface area contributed by atoms with E-state index < -0.39 is 10.0 Å². The molecule has 2 aliphatic rings. The van der Waals surface area contributed by atoms with Gasteiger partial charge in [-0.3, -0.25) is 0 Å². The summed E-state index contributed by atoms with van der Waals surface area (Å²) in [4.78, 5) is 0. The number of nitrogens with two attached hydrogens (primary N) is 1. The minimum Gasteiger partial charge on any atom is -0.327 e. The molecule has 0 saturated heterocycles. The molecular weight excluding hydrogens is 375 g/mol. The van der Waals surface area contributed by atoms with Crippen molar-refractivity contribution < 1.29 is 12.8 Å². The van der Waals surface area contributed by atoms with Crippen molar-refractivity contribution in [3.8, 4) is 0 Å². The lowest BCUT2D eigenvalue weighted by molar-refractivity contribution is 0.465. The first-order valence-corrected chi connectivity index (χ1v) is 11.6. The Kier molecular flexibility index (Phi) is 5.54. The summed E-state index contributed by atoms with van der Waals surface area (Å²) < 4.78 is 40.6. The van der Waals surface area contributed by atoms with E-state index in [-0.39, 0.29) is 23.0 Å². The molecule has 0 aromatic heterocycles. The van der Waals surface area contributed by atoms with E-state index in [4.69, 9.17) is 5.73 Å². The van der Waals surface area contributed by atoms with E-state index in [0.717, 1.165) is 49.7 Å². The fraction of sp³-hybridized carbons (Fsp3) is 0.455. The zero-order valence-electron chi connectivity index (χ0n) is 15.9. The highest BCUT2D eigenvalue weighted by Gasteiger charge is 2.31. The average molecular weight is 403 g/mol. The fourth-order valence-corrected chi connectivity index (χ4v) is 5.76. The maximum atomic E-state index is 13.2. The smallest absolute Gasteiger partial charge is 0.214 e. The molecule has 150 valence electrons. The molecule has 2 atom stereocenters. The third kappa shape index (κ3) is 4.14. The van der Waals surface area contributed by atoms with Crippen molar-refractivity contribution in [3.05, 3.63) is 70.5 Å². The van der Waals surface area contributed by atoms with E-state index in [0.29, 0.717) is 6.54 Å². The van der Waals surface area contributed by atoms with Crippen molar-refractivity contribution in [1.29, 1.82) is 0 Å².